The predicted molar refractivity (Wildman–Crippen MR) is 46.6 cm³/mol. The van der Waals surface area contributed by atoms with Crippen LogP contribution in [0.4, 0.5) is 0 Å². The summed E-state index contributed by atoms with van der Waals surface area (Å²) in [6.45, 7) is 3.88. The van der Waals surface area contributed by atoms with Gasteiger partial charge in [-0.05, 0) is 26.0 Å². The van der Waals surface area contributed by atoms with Gasteiger partial charge in [-0.15, -0.1) is 0 Å². The van der Waals surface area contributed by atoms with Crippen molar-refractivity contribution in [1.29, 1.82) is 0 Å². The number of aromatic nitrogens is 4. The maximum absolute atomic E-state index is 3.79. The number of rotatable bonds is 0. The van der Waals surface area contributed by atoms with Crippen molar-refractivity contribution < 1.29 is 17.1 Å². The van der Waals surface area contributed by atoms with Crippen LogP contribution in [0, 0.1) is 13.8 Å². The zero-order valence-electron chi connectivity index (χ0n) is 7.51. The maximum Gasteiger partial charge on any atom is 0.0591 e. The van der Waals surface area contributed by atoms with E-state index in [1.165, 1.54) is 0 Å². The van der Waals surface area contributed by atoms with E-state index in [9.17, 15) is 0 Å². The van der Waals surface area contributed by atoms with E-state index in [1.54, 1.807) is 12.4 Å². The fourth-order valence-corrected chi connectivity index (χ4v) is 0.668. The second-order valence-electron chi connectivity index (χ2n) is 2.43. The zero-order valence-corrected chi connectivity index (χ0v) is 8.45. The molecule has 0 aromatic carbocycles. The van der Waals surface area contributed by atoms with Gasteiger partial charge in [-0.25, -0.2) is 0 Å². The van der Waals surface area contributed by atoms with Gasteiger partial charge in [0.25, 0.3) is 0 Å². The van der Waals surface area contributed by atoms with Gasteiger partial charge in [0.05, 0.1) is 11.4 Å². The molecule has 0 amide bonds. The Bertz CT molecular complexity index is 256. The molecule has 2 N–H and O–H groups in total. The summed E-state index contributed by atoms with van der Waals surface area (Å²) < 4.78 is 0. The number of aryl methyl sites for hydroxylation is 2. The van der Waals surface area contributed by atoms with Crippen LogP contribution in [0.15, 0.2) is 24.5 Å². The van der Waals surface area contributed by atoms with E-state index in [0.717, 1.165) is 11.4 Å². The van der Waals surface area contributed by atoms with Crippen LogP contribution < -0.4 is 0 Å². The Morgan fingerprint density at radius 2 is 1.31 bits per heavy atom. The van der Waals surface area contributed by atoms with Crippen LogP contribution >= 0.6 is 0 Å². The molecular weight excluding hydrogens is 216 g/mol. The Hall–Kier alpha value is -1.06. The van der Waals surface area contributed by atoms with Crippen LogP contribution in [0.5, 0.6) is 0 Å². The molecule has 1 radical (unpaired) electrons. The molecule has 0 aliphatic rings. The smallest absolute Gasteiger partial charge is 0.0591 e. The molecule has 4 nitrogen and oxygen atoms in total. The molecule has 2 rings (SSSR count). The number of nitrogens with one attached hydrogen (secondary N) is 2. The van der Waals surface area contributed by atoms with Gasteiger partial charge in [-0.3, -0.25) is 10.2 Å². The summed E-state index contributed by atoms with van der Waals surface area (Å²) in [6.07, 6.45) is 3.60. The van der Waals surface area contributed by atoms with E-state index < -0.39 is 0 Å². The summed E-state index contributed by atoms with van der Waals surface area (Å²) in [5.74, 6) is 0. The van der Waals surface area contributed by atoms with Crippen molar-refractivity contribution in [2.24, 2.45) is 0 Å². The first-order valence-corrected chi connectivity index (χ1v) is 3.72. The number of hydrogen-bond donors (Lipinski definition) is 2. The predicted octanol–water partition coefficient (Wildman–Crippen LogP) is 1.43. The number of aromatic amines is 2. The number of hydrogen-bond acceptors (Lipinski definition) is 2. The topological polar surface area (TPSA) is 57.4 Å². The van der Waals surface area contributed by atoms with Crippen LogP contribution in [0.3, 0.4) is 0 Å². The molecule has 75 valence electrons. The van der Waals surface area contributed by atoms with E-state index in [0.29, 0.717) is 0 Å². The number of H-pyrrole nitrogens is 2. The Morgan fingerprint density at radius 3 is 1.38 bits per heavy atom. The second-order valence-corrected chi connectivity index (χ2v) is 2.43. The van der Waals surface area contributed by atoms with E-state index >= 15 is 0 Å². The fraction of sp³-hybridized carbons (Fsp3) is 0.250. The van der Waals surface area contributed by atoms with Gasteiger partial charge in [0, 0.05) is 29.5 Å². The third kappa shape index (κ3) is 5.22. The summed E-state index contributed by atoms with van der Waals surface area (Å²) in [5.41, 5.74) is 2.07. The SMILES string of the molecule is Cc1cc[nH]n1.Cc1cc[nH]n1.[Cu]. The monoisotopic (exact) mass is 227 g/mol. The molecule has 0 unspecified atom stereocenters. The van der Waals surface area contributed by atoms with Gasteiger partial charge in [0.15, 0.2) is 0 Å². The third-order valence-corrected chi connectivity index (χ3v) is 1.28. The minimum Gasteiger partial charge on any atom is -0.285 e. The van der Waals surface area contributed by atoms with Gasteiger partial charge in [-0.2, -0.15) is 10.2 Å². The Labute approximate surface area is 87.6 Å². The van der Waals surface area contributed by atoms with Crippen LogP contribution in [0.1, 0.15) is 11.4 Å². The summed E-state index contributed by atoms with van der Waals surface area (Å²) in [7, 11) is 0. The van der Waals surface area contributed by atoms with Crippen molar-refractivity contribution in [1.82, 2.24) is 20.4 Å². The zero-order chi connectivity index (χ0) is 8.81. The first-order chi connectivity index (χ1) is 5.79. The Balaban J connectivity index is 0.000000206. The molecule has 0 atom stereocenters. The van der Waals surface area contributed by atoms with Crippen LogP contribution in [-0.4, -0.2) is 20.4 Å². The van der Waals surface area contributed by atoms with Crippen LogP contribution in [0.25, 0.3) is 0 Å². The van der Waals surface area contributed by atoms with Gasteiger partial charge in [0.1, 0.15) is 0 Å². The first-order valence-electron chi connectivity index (χ1n) is 3.72. The first kappa shape index (κ1) is 11.9. The van der Waals surface area contributed by atoms with Crippen molar-refractivity contribution in [3.8, 4) is 0 Å². The standard InChI is InChI=1S/2C4H6N2.Cu/c2*1-4-2-3-5-6-4;/h2*2-3H,1H3,(H,5,6);. The number of nitrogens with zero attached hydrogens (tertiary/aromatic N) is 2. The minimum atomic E-state index is 0. The molecule has 2 aromatic heterocycles. The van der Waals surface area contributed by atoms with Crippen molar-refractivity contribution >= 4 is 0 Å². The molecule has 0 saturated heterocycles. The molecule has 0 fully saturated rings. The average Bonchev–Trinajstić information content (AvgIpc) is 2.63. The molecule has 2 aromatic rings. The Morgan fingerprint density at radius 1 is 0.923 bits per heavy atom. The van der Waals surface area contributed by atoms with Crippen molar-refractivity contribution in [3.63, 3.8) is 0 Å². The molecule has 0 aliphatic carbocycles. The van der Waals surface area contributed by atoms with E-state index in [4.69, 9.17) is 0 Å². The molecule has 2 heterocycles. The normalized spacial score (nSPS) is 8.15. The van der Waals surface area contributed by atoms with Crippen LogP contribution in [-0.2, 0) is 17.1 Å². The minimum absolute atomic E-state index is 0. The summed E-state index contributed by atoms with van der Waals surface area (Å²) in [5, 5.41) is 12.9. The fourth-order valence-electron chi connectivity index (χ4n) is 0.668. The molecule has 0 saturated carbocycles. The van der Waals surface area contributed by atoms with E-state index in [-0.39, 0.29) is 17.1 Å². The molecule has 13 heavy (non-hydrogen) atoms. The average molecular weight is 228 g/mol. The second kappa shape index (κ2) is 6.45. The van der Waals surface area contributed by atoms with Crippen LogP contribution in [0.2, 0.25) is 0 Å². The van der Waals surface area contributed by atoms with Gasteiger partial charge >= 0.3 is 0 Å². The quantitative estimate of drug-likeness (QED) is 0.670. The molecule has 0 aliphatic heterocycles. The van der Waals surface area contributed by atoms with Gasteiger partial charge in [0.2, 0.25) is 0 Å². The summed E-state index contributed by atoms with van der Waals surface area (Å²) in [4.78, 5) is 0. The largest absolute Gasteiger partial charge is 0.285 e. The summed E-state index contributed by atoms with van der Waals surface area (Å²) in [6, 6.07) is 3.83. The van der Waals surface area contributed by atoms with Gasteiger partial charge < -0.3 is 0 Å². The third-order valence-electron chi connectivity index (χ3n) is 1.28. The van der Waals surface area contributed by atoms with Crippen molar-refractivity contribution in [3.05, 3.63) is 35.9 Å². The van der Waals surface area contributed by atoms with E-state index in [2.05, 4.69) is 20.4 Å². The molecular formula is C8H12CuN4. The maximum atomic E-state index is 3.79. The molecule has 5 heteroatoms. The molecule has 0 bridgehead atoms. The van der Waals surface area contributed by atoms with Gasteiger partial charge in [-0.1, -0.05) is 0 Å². The van der Waals surface area contributed by atoms with E-state index in [1.807, 2.05) is 26.0 Å². The van der Waals surface area contributed by atoms with Crippen molar-refractivity contribution in [2.75, 3.05) is 0 Å². The summed E-state index contributed by atoms with van der Waals surface area (Å²) >= 11 is 0. The molecule has 0 spiro atoms. The Kier molecular flexibility index (Phi) is 5.93. The van der Waals surface area contributed by atoms with Crippen molar-refractivity contribution in [2.45, 2.75) is 13.8 Å².